The number of carbonyl (C=O) groups excluding carboxylic acids is 1. The molecule has 1 aliphatic carbocycles. The summed E-state index contributed by atoms with van der Waals surface area (Å²) in [5.74, 6) is 1.39. The molecule has 1 aromatic heterocycles. The molecule has 2 atom stereocenters. The van der Waals surface area contributed by atoms with Gasteiger partial charge in [0.15, 0.2) is 0 Å². The van der Waals surface area contributed by atoms with E-state index in [1.165, 1.54) is 30.6 Å². The predicted octanol–water partition coefficient (Wildman–Crippen LogP) is 2.70. The van der Waals surface area contributed by atoms with E-state index < -0.39 is 6.36 Å². The minimum absolute atomic E-state index is 0.243. The number of nitrogens with zero attached hydrogens (tertiary/aromatic N) is 3. The minimum atomic E-state index is -4.73. The molecule has 1 aromatic carbocycles. The number of nitrogens with one attached hydrogen (secondary N) is 1. The van der Waals surface area contributed by atoms with Gasteiger partial charge in [-0.25, -0.2) is 4.98 Å². The molecule has 2 fully saturated rings. The van der Waals surface area contributed by atoms with E-state index >= 15 is 0 Å². The lowest BCUT2D eigenvalue weighted by Gasteiger charge is -2.16. The second-order valence-corrected chi connectivity index (χ2v) is 7.26. The highest BCUT2D eigenvalue weighted by atomic mass is 19.4. The average Bonchev–Trinajstić information content (AvgIpc) is 3.05. The van der Waals surface area contributed by atoms with Crippen LogP contribution in [0.3, 0.4) is 0 Å². The number of ether oxygens (including phenoxy) is 1. The number of hydrogen-bond donors (Lipinski definition) is 1. The second-order valence-electron chi connectivity index (χ2n) is 7.26. The van der Waals surface area contributed by atoms with Crippen LogP contribution in [0.1, 0.15) is 17.4 Å². The van der Waals surface area contributed by atoms with E-state index in [-0.39, 0.29) is 17.4 Å². The Bertz CT molecular complexity index is 838. The molecule has 1 N–H and O–H groups in total. The van der Waals surface area contributed by atoms with Crippen molar-refractivity contribution < 1.29 is 22.7 Å². The molecule has 2 aromatic rings. The number of alkyl halides is 3. The number of halogens is 3. The summed E-state index contributed by atoms with van der Waals surface area (Å²) in [7, 11) is 0. The summed E-state index contributed by atoms with van der Waals surface area (Å²) in [6.45, 7) is 6.12. The van der Waals surface area contributed by atoms with Gasteiger partial charge >= 0.3 is 6.36 Å². The van der Waals surface area contributed by atoms with Crippen LogP contribution >= 0.6 is 0 Å². The highest BCUT2D eigenvalue weighted by Crippen LogP contribution is 2.51. The van der Waals surface area contributed by atoms with Crippen molar-refractivity contribution in [1.82, 2.24) is 19.8 Å². The van der Waals surface area contributed by atoms with Crippen molar-refractivity contribution in [3.05, 3.63) is 42.5 Å². The van der Waals surface area contributed by atoms with Crippen molar-refractivity contribution in [2.24, 2.45) is 17.8 Å². The Balaban J connectivity index is 1.31. The van der Waals surface area contributed by atoms with Crippen LogP contribution in [0.15, 0.2) is 36.8 Å². The SMILES string of the molecule is CCN1CC2C(CNC(=O)c3cn(-c4ccc(OC(F)(F)F)cc4)cn3)C2C1. The standard InChI is InChI=1S/C19H21F3N4O2/c1-2-25-8-15-14(16(15)9-25)7-23-18(27)17-10-26(11-24-17)12-3-5-13(6-4-12)28-19(20,21)22/h3-6,10-11,14-16H,2,7-9H2,1H3,(H,23,27). The highest BCUT2D eigenvalue weighted by molar-refractivity contribution is 5.92. The number of benzene rings is 1. The first-order chi connectivity index (χ1) is 13.3. The van der Waals surface area contributed by atoms with E-state index in [1.54, 1.807) is 10.8 Å². The molecule has 0 bridgehead atoms. The lowest BCUT2D eigenvalue weighted by Crippen LogP contribution is -2.30. The van der Waals surface area contributed by atoms with Crippen LogP contribution in [0.5, 0.6) is 5.75 Å². The Morgan fingerprint density at radius 2 is 1.93 bits per heavy atom. The second kappa shape index (κ2) is 7.12. The monoisotopic (exact) mass is 394 g/mol. The van der Waals surface area contributed by atoms with Crippen molar-refractivity contribution in [3.63, 3.8) is 0 Å². The summed E-state index contributed by atoms with van der Waals surface area (Å²) < 4.78 is 42.1. The first-order valence-corrected chi connectivity index (χ1v) is 9.25. The number of likely N-dealkylation sites (tertiary alicyclic amines) is 1. The van der Waals surface area contributed by atoms with Gasteiger partial charge in [0.05, 0.1) is 0 Å². The number of carbonyl (C=O) groups is 1. The summed E-state index contributed by atoms with van der Waals surface area (Å²) >= 11 is 0. The number of fused-ring (bicyclic) bond motifs is 1. The molecule has 2 aliphatic rings. The maximum absolute atomic E-state index is 12.3. The van der Waals surface area contributed by atoms with E-state index in [0.29, 0.717) is 30.0 Å². The quantitative estimate of drug-likeness (QED) is 0.819. The predicted molar refractivity (Wildman–Crippen MR) is 95.2 cm³/mol. The van der Waals surface area contributed by atoms with E-state index in [1.807, 2.05) is 0 Å². The number of piperidine rings is 1. The summed E-state index contributed by atoms with van der Waals surface area (Å²) in [4.78, 5) is 18.9. The van der Waals surface area contributed by atoms with Crippen molar-refractivity contribution in [3.8, 4) is 11.4 Å². The lowest BCUT2D eigenvalue weighted by atomic mass is 10.2. The van der Waals surface area contributed by atoms with E-state index in [2.05, 4.69) is 26.9 Å². The minimum Gasteiger partial charge on any atom is -0.406 e. The smallest absolute Gasteiger partial charge is 0.406 e. The Kier molecular flexibility index (Phi) is 4.78. The largest absolute Gasteiger partial charge is 0.573 e. The zero-order valence-corrected chi connectivity index (χ0v) is 15.3. The van der Waals surface area contributed by atoms with Gasteiger partial charge in [-0.05, 0) is 48.6 Å². The van der Waals surface area contributed by atoms with Crippen LogP contribution in [0.2, 0.25) is 0 Å². The van der Waals surface area contributed by atoms with Crippen LogP contribution < -0.4 is 10.1 Å². The number of imidazole rings is 1. The molecule has 9 heteroatoms. The van der Waals surface area contributed by atoms with Gasteiger partial charge in [-0.2, -0.15) is 0 Å². The molecular formula is C19H21F3N4O2. The fourth-order valence-corrected chi connectivity index (χ4v) is 4.00. The molecule has 28 heavy (non-hydrogen) atoms. The van der Waals surface area contributed by atoms with Crippen molar-refractivity contribution in [1.29, 1.82) is 0 Å². The summed E-state index contributed by atoms with van der Waals surface area (Å²) in [5, 5.41) is 2.94. The van der Waals surface area contributed by atoms with Gasteiger partial charge < -0.3 is 19.5 Å². The number of rotatable bonds is 6. The molecular weight excluding hydrogens is 373 g/mol. The van der Waals surface area contributed by atoms with Gasteiger partial charge in [-0.15, -0.1) is 13.2 Å². The van der Waals surface area contributed by atoms with Crippen LogP contribution in [0, 0.1) is 17.8 Å². The highest BCUT2D eigenvalue weighted by Gasteiger charge is 2.54. The Labute approximate surface area is 160 Å². The molecule has 150 valence electrons. The lowest BCUT2D eigenvalue weighted by molar-refractivity contribution is -0.274. The Morgan fingerprint density at radius 1 is 1.25 bits per heavy atom. The summed E-state index contributed by atoms with van der Waals surface area (Å²) in [6, 6.07) is 5.37. The first kappa shape index (κ1) is 18.8. The summed E-state index contributed by atoms with van der Waals surface area (Å²) in [6.07, 6.45) is -1.71. The van der Waals surface area contributed by atoms with Gasteiger partial charge in [-0.1, -0.05) is 6.92 Å². The van der Waals surface area contributed by atoms with Gasteiger partial charge in [0.1, 0.15) is 17.8 Å². The molecule has 1 aliphatic heterocycles. The van der Waals surface area contributed by atoms with Gasteiger partial charge in [0.25, 0.3) is 5.91 Å². The Morgan fingerprint density at radius 3 is 2.54 bits per heavy atom. The third-order valence-electron chi connectivity index (χ3n) is 5.58. The maximum Gasteiger partial charge on any atom is 0.573 e. The average molecular weight is 394 g/mol. The molecule has 0 radical (unpaired) electrons. The molecule has 1 saturated heterocycles. The fourth-order valence-electron chi connectivity index (χ4n) is 4.00. The van der Waals surface area contributed by atoms with Crippen molar-refractivity contribution >= 4 is 5.91 Å². The first-order valence-electron chi connectivity index (χ1n) is 9.25. The molecule has 2 heterocycles. The summed E-state index contributed by atoms with van der Waals surface area (Å²) in [5.41, 5.74) is 0.856. The number of hydrogen-bond acceptors (Lipinski definition) is 4. The van der Waals surface area contributed by atoms with E-state index in [9.17, 15) is 18.0 Å². The maximum atomic E-state index is 12.3. The van der Waals surface area contributed by atoms with Gasteiger partial charge in [0.2, 0.25) is 0 Å². The zero-order chi connectivity index (χ0) is 19.9. The van der Waals surface area contributed by atoms with Crippen LogP contribution in [-0.4, -0.2) is 52.9 Å². The number of amides is 1. The molecule has 2 unspecified atom stereocenters. The topological polar surface area (TPSA) is 59.4 Å². The van der Waals surface area contributed by atoms with Gasteiger partial charge in [-0.3, -0.25) is 4.79 Å². The van der Waals surface area contributed by atoms with E-state index in [4.69, 9.17) is 0 Å². The Hall–Kier alpha value is -2.55. The molecule has 4 rings (SSSR count). The number of aromatic nitrogens is 2. The third-order valence-corrected chi connectivity index (χ3v) is 5.58. The van der Waals surface area contributed by atoms with Crippen LogP contribution in [-0.2, 0) is 0 Å². The van der Waals surface area contributed by atoms with E-state index in [0.717, 1.165) is 19.6 Å². The molecule has 0 spiro atoms. The van der Waals surface area contributed by atoms with Gasteiger partial charge in [0, 0.05) is 31.5 Å². The van der Waals surface area contributed by atoms with Crippen molar-refractivity contribution in [2.45, 2.75) is 13.3 Å². The molecule has 6 nitrogen and oxygen atoms in total. The zero-order valence-electron chi connectivity index (χ0n) is 15.3. The molecule has 1 amide bonds. The molecule has 1 saturated carbocycles. The third kappa shape index (κ3) is 3.99. The van der Waals surface area contributed by atoms with Crippen molar-refractivity contribution in [2.75, 3.05) is 26.2 Å². The fraction of sp³-hybridized carbons (Fsp3) is 0.474. The van der Waals surface area contributed by atoms with Crippen LogP contribution in [0.25, 0.3) is 5.69 Å². The van der Waals surface area contributed by atoms with Crippen LogP contribution in [0.4, 0.5) is 13.2 Å². The normalized spacial score (nSPS) is 24.1.